The number of aromatic amines is 2. The van der Waals surface area contributed by atoms with Crippen molar-refractivity contribution in [2.45, 2.75) is 9.79 Å². The van der Waals surface area contributed by atoms with Gasteiger partial charge in [-0.25, -0.2) is 0 Å². The maximum Gasteiger partial charge on any atom is 0.126 e. The summed E-state index contributed by atoms with van der Waals surface area (Å²) in [5, 5.41) is 2.40. The minimum absolute atomic E-state index is 0.851. The van der Waals surface area contributed by atoms with Crippen molar-refractivity contribution in [3.05, 3.63) is 120 Å². The molecule has 2 N–H and O–H groups in total. The number of rotatable bonds is 9. The van der Waals surface area contributed by atoms with Crippen molar-refractivity contribution in [3.63, 3.8) is 0 Å². The average Bonchev–Trinajstić information content (AvgIpc) is 3.55. The molecule has 6 rings (SSSR count). The Labute approximate surface area is 241 Å². The van der Waals surface area contributed by atoms with Gasteiger partial charge in [0, 0.05) is 32.9 Å². The largest absolute Gasteiger partial charge is 0.496 e. The van der Waals surface area contributed by atoms with E-state index in [0.29, 0.717) is 0 Å². The van der Waals surface area contributed by atoms with E-state index in [1.807, 2.05) is 36.4 Å². The minimum atomic E-state index is 0.851. The van der Waals surface area contributed by atoms with Crippen LogP contribution >= 0.6 is 21.6 Å². The molecule has 0 aliphatic rings. The fourth-order valence-corrected chi connectivity index (χ4v) is 7.42. The molecule has 0 spiro atoms. The van der Waals surface area contributed by atoms with Crippen LogP contribution in [0.1, 0.15) is 22.5 Å². The standard InChI is InChI=1S/C34H28N2O2S2/c1-37-31-17-9-3-11-23(31)19-21-29-33(25-13-5-7-15-27(25)35-29)39-40-34-26-14-6-8-16-28(26)36-30(34)22-20-24-12-4-10-18-32(24)38-2/h3-22,35-36H,1-2H3/b21-19+,22-20+. The topological polar surface area (TPSA) is 50.0 Å². The first-order valence-corrected chi connectivity index (χ1v) is 15.1. The third-order valence-electron chi connectivity index (χ3n) is 6.72. The van der Waals surface area contributed by atoms with Gasteiger partial charge in [0.1, 0.15) is 11.5 Å². The zero-order chi connectivity index (χ0) is 27.3. The summed E-state index contributed by atoms with van der Waals surface area (Å²) in [4.78, 5) is 9.61. The third-order valence-corrected chi connectivity index (χ3v) is 9.26. The summed E-state index contributed by atoms with van der Waals surface area (Å²) in [5.41, 5.74) is 6.42. The summed E-state index contributed by atoms with van der Waals surface area (Å²) < 4.78 is 11.1. The molecule has 0 fully saturated rings. The zero-order valence-electron chi connectivity index (χ0n) is 22.2. The lowest BCUT2D eigenvalue weighted by molar-refractivity contribution is 0.414. The second-order valence-electron chi connectivity index (χ2n) is 9.14. The Kier molecular flexibility index (Phi) is 7.71. The van der Waals surface area contributed by atoms with E-state index in [9.17, 15) is 0 Å². The number of hydrogen-bond acceptors (Lipinski definition) is 4. The first-order valence-electron chi connectivity index (χ1n) is 12.9. The molecule has 0 saturated carbocycles. The molecule has 4 aromatic carbocycles. The summed E-state index contributed by atoms with van der Waals surface area (Å²) in [5.74, 6) is 1.70. The van der Waals surface area contributed by atoms with Crippen LogP contribution < -0.4 is 9.47 Å². The lowest BCUT2D eigenvalue weighted by Crippen LogP contribution is -1.85. The van der Waals surface area contributed by atoms with E-state index in [0.717, 1.165) is 45.0 Å². The highest BCUT2D eigenvalue weighted by Gasteiger charge is 2.15. The molecule has 0 unspecified atom stereocenters. The van der Waals surface area contributed by atoms with Gasteiger partial charge in [-0.1, -0.05) is 72.8 Å². The molecule has 198 valence electrons. The van der Waals surface area contributed by atoms with E-state index in [4.69, 9.17) is 9.47 Å². The van der Waals surface area contributed by atoms with Gasteiger partial charge < -0.3 is 19.4 Å². The van der Waals surface area contributed by atoms with Crippen LogP contribution in [0.4, 0.5) is 0 Å². The van der Waals surface area contributed by atoms with Gasteiger partial charge in [-0.05, 0) is 70.2 Å². The van der Waals surface area contributed by atoms with Crippen molar-refractivity contribution in [2.75, 3.05) is 14.2 Å². The quantitative estimate of drug-likeness (QED) is 0.173. The lowest BCUT2D eigenvalue weighted by Gasteiger charge is -2.05. The van der Waals surface area contributed by atoms with Crippen molar-refractivity contribution in [2.24, 2.45) is 0 Å². The molecular formula is C34H28N2O2S2. The van der Waals surface area contributed by atoms with Crippen molar-refractivity contribution in [1.29, 1.82) is 0 Å². The number of ether oxygens (including phenoxy) is 2. The predicted octanol–water partition coefficient (Wildman–Crippen LogP) is 9.81. The second kappa shape index (κ2) is 11.9. The van der Waals surface area contributed by atoms with E-state index >= 15 is 0 Å². The molecule has 40 heavy (non-hydrogen) atoms. The van der Waals surface area contributed by atoms with Crippen LogP contribution in [0.25, 0.3) is 46.1 Å². The number of nitrogens with one attached hydrogen (secondary N) is 2. The lowest BCUT2D eigenvalue weighted by atomic mass is 10.1. The summed E-state index contributed by atoms with van der Waals surface area (Å²) in [7, 11) is 6.94. The smallest absolute Gasteiger partial charge is 0.126 e. The number of benzene rings is 4. The molecule has 6 heteroatoms. The van der Waals surface area contributed by atoms with Gasteiger partial charge >= 0.3 is 0 Å². The summed E-state index contributed by atoms with van der Waals surface area (Å²) in [6.45, 7) is 0. The summed E-state index contributed by atoms with van der Waals surface area (Å²) in [6, 6.07) is 33.0. The third kappa shape index (κ3) is 5.28. The molecule has 4 nitrogen and oxygen atoms in total. The van der Waals surface area contributed by atoms with Crippen molar-refractivity contribution in [1.82, 2.24) is 9.97 Å². The van der Waals surface area contributed by atoms with E-state index in [2.05, 4.69) is 94.9 Å². The fourth-order valence-electron chi connectivity index (χ4n) is 4.73. The summed E-state index contributed by atoms with van der Waals surface area (Å²) >= 11 is 0. The van der Waals surface area contributed by atoms with Gasteiger partial charge in [0.2, 0.25) is 0 Å². The van der Waals surface area contributed by atoms with Crippen molar-refractivity contribution in [3.8, 4) is 11.5 Å². The molecule has 0 aliphatic carbocycles. The fraction of sp³-hybridized carbons (Fsp3) is 0.0588. The molecule has 6 aromatic rings. The van der Waals surface area contributed by atoms with E-state index in [1.54, 1.807) is 35.8 Å². The molecule has 0 saturated heterocycles. The molecule has 0 amide bonds. The first-order chi connectivity index (χ1) is 19.7. The Morgan fingerprint density at radius 2 is 0.900 bits per heavy atom. The number of fused-ring (bicyclic) bond motifs is 2. The highest BCUT2D eigenvalue weighted by atomic mass is 33.1. The van der Waals surface area contributed by atoms with Gasteiger partial charge in [-0.2, -0.15) is 0 Å². The van der Waals surface area contributed by atoms with Crippen LogP contribution in [-0.4, -0.2) is 24.2 Å². The number of methoxy groups -OCH3 is 2. The van der Waals surface area contributed by atoms with Crippen LogP contribution in [0, 0.1) is 0 Å². The highest BCUT2D eigenvalue weighted by Crippen LogP contribution is 2.47. The molecule has 0 aliphatic heterocycles. The SMILES string of the molecule is COc1ccccc1/C=C/c1[nH]c2ccccc2c1SSc1c(/C=C/c2ccccc2OC)[nH]c2ccccc12. The Bertz CT molecular complexity index is 1710. The van der Waals surface area contributed by atoms with Crippen LogP contribution in [0.15, 0.2) is 107 Å². The Morgan fingerprint density at radius 1 is 0.500 bits per heavy atom. The van der Waals surface area contributed by atoms with Gasteiger partial charge in [0.05, 0.1) is 35.4 Å². The van der Waals surface area contributed by atoms with Gasteiger partial charge in [0.15, 0.2) is 0 Å². The van der Waals surface area contributed by atoms with Crippen molar-refractivity contribution < 1.29 is 9.47 Å². The maximum absolute atomic E-state index is 5.55. The average molecular weight is 561 g/mol. The van der Waals surface area contributed by atoms with Crippen LogP contribution in [0.3, 0.4) is 0 Å². The van der Waals surface area contributed by atoms with E-state index in [1.165, 1.54) is 20.6 Å². The van der Waals surface area contributed by atoms with E-state index in [-0.39, 0.29) is 0 Å². The molecule has 0 atom stereocenters. The van der Waals surface area contributed by atoms with Crippen LogP contribution in [-0.2, 0) is 0 Å². The molecule has 0 bridgehead atoms. The van der Waals surface area contributed by atoms with Gasteiger partial charge in [-0.3, -0.25) is 0 Å². The normalized spacial score (nSPS) is 11.8. The Hall–Kier alpha value is -4.26. The number of hydrogen-bond donors (Lipinski definition) is 2. The summed E-state index contributed by atoms with van der Waals surface area (Å²) in [6.07, 6.45) is 8.48. The number of aromatic nitrogens is 2. The predicted molar refractivity (Wildman–Crippen MR) is 172 cm³/mol. The minimum Gasteiger partial charge on any atom is -0.496 e. The first kappa shape index (κ1) is 26.0. The van der Waals surface area contributed by atoms with E-state index < -0.39 is 0 Å². The van der Waals surface area contributed by atoms with Crippen LogP contribution in [0.5, 0.6) is 11.5 Å². The molecular weight excluding hydrogens is 533 g/mol. The number of para-hydroxylation sites is 4. The number of H-pyrrole nitrogens is 2. The van der Waals surface area contributed by atoms with Gasteiger partial charge in [-0.15, -0.1) is 0 Å². The van der Waals surface area contributed by atoms with Crippen LogP contribution in [0.2, 0.25) is 0 Å². The van der Waals surface area contributed by atoms with Gasteiger partial charge in [0.25, 0.3) is 0 Å². The highest BCUT2D eigenvalue weighted by molar-refractivity contribution is 8.76. The molecule has 2 aromatic heterocycles. The molecule has 0 radical (unpaired) electrons. The van der Waals surface area contributed by atoms with Crippen molar-refractivity contribution >= 4 is 67.7 Å². The Morgan fingerprint density at radius 3 is 1.35 bits per heavy atom. The monoisotopic (exact) mass is 560 g/mol. The zero-order valence-corrected chi connectivity index (χ0v) is 23.8. The maximum atomic E-state index is 5.55. The molecule has 2 heterocycles. The Balaban J connectivity index is 1.36. The second-order valence-corrected chi connectivity index (χ2v) is 11.3.